The second kappa shape index (κ2) is 10.7. The minimum atomic E-state index is -1.29. The van der Waals surface area contributed by atoms with Crippen LogP contribution in [0.5, 0.6) is 5.75 Å². The molecule has 6 atom stereocenters. The van der Waals surface area contributed by atoms with Crippen LogP contribution in [0.3, 0.4) is 0 Å². The number of carbonyl (C=O) groups excluding carboxylic acids is 4. The third-order valence-electron chi connectivity index (χ3n) is 9.96. The van der Waals surface area contributed by atoms with Crippen molar-refractivity contribution in [1.82, 2.24) is 4.90 Å². The lowest BCUT2D eigenvalue weighted by Crippen LogP contribution is -2.48. The van der Waals surface area contributed by atoms with Crippen LogP contribution in [0.1, 0.15) is 56.9 Å². The van der Waals surface area contributed by atoms with Gasteiger partial charge in [-0.2, -0.15) is 0 Å². The maximum atomic E-state index is 14.8. The molecule has 43 heavy (non-hydrogen) atoms. The molecule has 0 radical (unpaired) electrons. The predicted octanol–water partition coefficient (Wildman–Crippen LogP) is 4.41. The molecule has 2 aromatic carbocycles. The summed E-state index contributed by atoms with van der Waals surface area (Å²) in [5.41, 5.74) is 0.298. The number of carboxylic acids is 1. The minimum absolute atomic E-state index is 0.0225. The Labute approximate surface area is 248 Å². The van der Waals surface area contributed by atoms with Crippen molar-refractivity contribution in [3.8, 4) is 5.75 Å². The Balaban J connectivity index is 1.38. The van der Waals surface area contributed by atoms with Crippen LogP contribution in [-0.2, 0) is 24.0 Å². The van der Waals surface area contributed by atoms with E-state index in [0.29, 0.717) is 30.5 Å². The first-order chi connectivity index (χ1) is 20.6. The van der Waals surface area contributed by atoms with Crippen molar-refractivity contribution in [2.24, 2.45) is 29.1 Å². The van der Waals surface area contributed by atoms with E-state index in [4.69, 9.17) is 5.11 Å². The lowest BCUT2D eigenvalue weighted by Gasteiger charge is -2.49. The number of rotatable bonds is 8. The monoisotopic (exact) mass is 588 g/mol. The van der Waals surface area contributed by atoms with E-state index in [1.54, 1.807) is 43.3 Å². The Morgan fingerprint density at radius 3 is 2.42 bits per heavy atom. The Kier molecular flexibility index (Phi) is 7.18. The van der Waals surface area contributed by atoms with Crippen LogP contribution in [0.25, 0.3) is 0 Å². The molecule has 3 fully saturated rings. The number of hydrogen-bond acceptors (Lipinski definition) is 6. The second-order valence-electron chi connectivity index (χ2n) is 12.2. The van der Waals surface area contributed by atoms with Gasteiger partial charge in [-0.1, -0.05) is 42.3 Å². The van der Waals surface area contributed by atoms with Gasteiger partial charge in [-0.05, 0) is 68.4 Å². The van der Waals surface area contributed by atoms with Gasteiger partial charge in [0.15, 0.2) is 11.6 Å². The summed E-state index contributed by atoms with van der Waals surface area (Å²) in [4.78, 5) is 68.9. The molecule has 1 saturated carbocycles. The van der Waals surface area contributed by atoms with E-state index in [1.807, 2.05) is 6.08 Å². The maximum Gasteiger partial charge on any atom is 0.303 e. The number of amides is 4. The van der Waals surface area contributed by atoms with Gasteiger partial charge in [0.05, 0.1) is 28.9 Å². The van der Waals surface area contributed by atoms with E-state index in [2.05, 4.69) is 0 Å². The molecule has 2 aromatic rings. The molecule has 224 valence electrons. The number of phenolic OH excluding ortho intramolecular Hbond substituents is 1. The fourth-order valence-electron chi connectivity index (χ4n) is 7.93. The van der Waals surface area contributed by atoms with Gasteiger partial charge in [0.25, 0.3) is 0 Å². The number of aliphatic carboxylic acids is 1. The Morgan fingerprint density at radius 2 is 1.72 bits per heavy atom. The van der Waals surface area contributed by atoms with Gasteiger partial charge in [-0.15, -0.1) is 0 Å². The van der Waals surface area contributed by atoms with Crippen LogP contribution in [-0.4, -0.2) is 51.3 Å². The number of aromatic hydroxyl groups is 1. The van der Waals surface area contributed by atoms with Gasteiger partial charge >= 0.3 is 5.97 Å². The summed E-state index contributed by atoms with van der Waals surface area (Å²) in [7, 11) is 0. The summed E-state index contributed by atoms with van der Waals surface area (Å²) >= 11 is 0. The summed E-state index contributed by atoms with van der Waals surface area (Å²) in [6.07, 6.45) is 3.89. The standard InChI is InChI=1S/C33H33FN2O7/c1-33-23(30(41)36(32(33)43)19-8-4-2-5-9-19)17-22-20(28(33)18-11-14-25(37)24(34)16-18)12-13-21-27(22)31(42)35(29(21)40)15-7-3-6-10-26(38)39/h2,4-5,8-9,11-12,14,16,21-23,27-28,37H,3,6-7,10,13,15,17H2,1H3,(H,38,39)/t21-,22+,23-,27-,28-,33+/m0/s1. The zero-order valence-corrected chi connectivity index (χ0v) is 23.7. The average Bonchev–Trinajstić information content (AvgIpc) is 3.34. The van der Waals surface area contributed by atoms with Crippen molar-refractivity contribution in [3.05, 3.63) is 71.6 Å². The Hall–Kier alpha value is -4.34. The fraction of sp³-hybridized carbons (Fsp3) is 0.424. The number of likely N-dealkylation sites (tertiary alicyclic amines) is 1. The molecule has 0 unspecified atom stereocenters. The fourth-order valence-corrected chi connectivity index (χ4v) is 7.93. The van der Waals surface area contributed by atoms with E-state index in [0.717, 1.165) is 5.57 Å². The number of anilines is 1. The number of carboxylic acid groups (broad SMARTS) is 1. The molecule has 4 aliphatic rings. The zero-order chi connectivity index (χ0) is 30.6. The highest BCUT2D eigenvalue weighted by Gasteiger charge is 2.67. The van der Waals surface area contributed by atoms with Crippen molar-refractivity contribution in [1.29, 1.82) is 0 Å². The molecule has 0 aromatic heterocycles. The number of fused-ring (bicyclic) bond motifs is 4. The van der Waals surface area contributed by atoms with Crippen molar-refractivity contribution in [2.45, 2.75) is 51.4 Å². The smallest absolute Gasteiger partial charge is 0.303 e. The van der Waals surface area contributed by atoms with Crippen LogP contribution in [0.15, 0.2) is 60.2 Å². The summed E-state index contributed by atoms with van der Waals surface area (Å²) in [6.45, 7) is 1.92. The topological polar surface area (TPSA) is 132 Å². The quantitative estimate of drug-likeness (QED) is 0.265. The highest BCUT2D eigenvalue weighted by molar-refractivity contribution is 6.24. The first-order valence-electron chi connectivity index (χ1n) is 14.7. The van der Waals surface area contributed by atoms with Crippen molar-refractivity contribution >= 4 is 35.3 Å². The van der Waals surface area contributed by atoms with E-state index in [-0.39, 0.29) is 37.6 Å². The lowest BCUT2D eigenvalue weighted by atomic mass is 9.51. The SMILES string of the molecule is C[C@@]12C(=O)N(c3ccccc3)C(=O)[C@@H]1C[C@@H]1C(=CC[C@@H]3C(=O)N(CCCCCC(=O)O)C(=O)[C@@H]31)[C@@H]2c1ccc(O)c(F)c1. The van der Waals surface area contributed by atoms with Crippen molar-refractivity contribution in [2.75, 3.05) is 11.4 Å². The van der Waals surface area contributed by atoms with Crippen LogP contribution < -0.4 is 4.90 Å². The normalized spacial score (nSPS) is 29.8. The number of unbranched alkanes of at least 4 members (excludes halogenated alkanes) is 2. The summed E-state index contributed by atoms with van der Waals surface area (Å²) < 4.78 is 14.8. The van der Waals surface area contributed by atoms with E-state index in [1.165, 1.54) is 21.9 Å². The number of hydrogen-bond donors (Lipinski definition) is 2. The van der Waals surface area contributed by atoms with Crippen LogP contribution in [0.4, 0.5) is 10.1 Å². The molecule has 4 amide bonds. The molecule has 10 heteroatoms. The lowest BCUT2D eigenvalue weighted by molar-refractivity contribution is -0.141. The molecule has 6 rings (SSSR count). The number of halogens is 1. The number of carbonyl (C=O) groups is 5. The zero-order valence-electron chi connectivity index (χ0n) is 23.7. The third-order valence-corrected chi connectivity index (χ3v) is 9.96. The van der Waals surface area contributed by atoms with Crippen LogP contribution in [0, 0.1) is 34.9 Å². The molecule has 2 aliphatic heterocycles. The number of nitrogens with zero attached hydrogens (tertiary/aromatic N) is 2. The van der Waals surface area contributed by atoms with Crippen LogP contribution >= 0.6 is 0 Å². The van der Waals surface area contributed by atoms with E-state index in [9.17, 15) is 33.5 Å². The van der Waals surface area contributed by atoms with Gasteiger partial charge < -0.3 is 10.2 Å². The van der Waals surface area contributed by atoms with Crippen molar-refractivity contribution < 1.29 is 38.6 Å². The third kappa shape index (κ3) is 4.46. The number of imide groups is 2. The molecule has 2 saturated heterocycles. The average molecular weight is 589 g/mol. The van der Waals surface area contributed by atoms with Gasteiger partial charge in [-0.25, -0.2) is 9.29 Å². The largest absolute Gasteiger partial charge is 0.505 e. The molecule has 0 bridgehead atoms. The Bertz CT molecular complexity index is 1560. The highest BCUT2D eigenvalue weighted by Crippen LogP contribution is 2.63. The molecule has 0 spiro atoms. The van der Waals surface area contributed by atoms with Gasteiger partial charge in [-0.3, -0.25) is 28.9 Å². The molecule has 2 aliphatic carbocycles. The number of allylic oxidation sites excluding steroid dienone is 2. The number of benzene rings is 2. The highest BCUT2D eigenvalue weighted by atomic mass is 19.1. The molecular weight excluding hydrogens is 555 g/mol. The van der Waals surface area contributed by atoms with Gasteiger partial charge in [0.1, 0.15) is 0 Å². The summed E-state index contributed by atoms with van der Waals surface area (Å²) in [5, 5.41) is 18.8. The summed E-state index contributed by atoms with van der Waals surface area (Å²) in [5.74, 6) is -7.09. The van der Waals surface area contributed by atoms with Crippen LogP contribution in [0.2, 0.25) is 0 Å². The second-order valence-corrected chi connectivity index (χ2v) is 12.2. The molecule has 2 heterocycles. The number of para-hydroxylation sites is 1. The van der Waals surface area contributed by atoms with E-state index >= 15 is 0 Å². The molecule has 2 N–H and O–H groups in total. The van der Waals surface area contributed by atoms with Crippen molar-refractivity contribution in [3.63, 3.8) is 0 Å². The predicted molar refractivity (Wildman–Crippen MR) is 152 cm³/mol. The Morgan fingerprint density at radius 1 is 0.977 bits per heavy atom. The minimum Gasteiger partial charge on any atom is -0.505 e. The summed E-state index contributed by atoms with van der Waals surface area (Å²) in [6, 6.07) is 12.6. The molecular formula is C33H33FN2O7. The first kappa shape index (κ1) is 28.8. The maximum absolute atomic E-state index is 14.8. The number of phenols is 1. The first-order valence-corrected chi connectivity index (χ1v) is 14.7. The van der Waals surface area contributed by atoms with Gasteiger partial charge in [0, 0.05) is 18.9 Å². The van der Waals surface area contributed by atoms with E-state index < -0.39 is 64.4 Å². The van der Waals surface area contributed by atoms with Gasteiger partial charge in [0.2, 0.25) is 23.6 Å². The molecule has 9 nitrogen and oxygen atoms in total.